The second kappa shape index (κ2) is 17.4. The minimum atomic E-state index is -1.30. The average Bonchev–Trinajstić information content (AvgIpc) is 2.97. The van der Waals surface area contributed by atoms with Crippen LogP contribution in [0.1, 0.15) is 24.0 Å². The average molecular weight is 618 g/mol. The second-order valence-electron chi connectivity index (χ2n) is 9.58. The van der Waals surface area contributed by atoms with Crippen molar-refractivity contribution in [2.45, 2.75) is 49.9 Å². The number of phenolic OH excluding ortho intramolecular Hbond substituents is 1. The van der Waals surface area contributed by atoms with Gasteiger partial charge in [0.1, 0.15) is 23.9 Å². The predicted molar refractivity (Wildman–Crippen MR) is 157 cm³/mol. The minimum absolute atomic E-state index is 0.00531. The van der Waals surface area contributed by atoms with Gasteiger partial charge in [0.15, 0.2) is 0 Å². The van der Waals surface area contributed by atoms with Crippen molar-refractivity contribution < 1.29 is 44.1 Å². The largest absolute Gasteiger partial charge is 0.508 e. The highest BCUT2D eigenvalue weighted by molar-refractivity contribution is 7.80. The Hall–Kier alpha value is -4.63. The molecular weight excluding hydrogens is 582 g/mol. The Bertz CT molecular complexity index is 1280. The maximum atomic E-state index is 13.2. The Balaban J connectivity index is 2.06. The Labute approximate surface area is 252 Å². The number of hydrogen-bond donors (Lipinski definition) is 9. The number of phenols is 1. The summed E-state index contributed by atoms with van der Waals surface area (Å²) in [6.45, 7) is -0.601. The zero-order valence-corrected chi connectivity index (χ0v) is 24.0. The highest BCUT2D eigenvalue weighted by Crippen LogP contribution is 2.12. The van der Waals surface area contributed by atoms with Crippen molar-refractivity contribution in [1.82, 2.24) is 21.3 Å². The molecule has 15 heteroatoms. The number of nitrogens with one attached hydrogen (secondary N) is 4. The van der Waals surface area contributed by atoms with Crippen LogP contribution < -0.4 is 27.0 Å². The van der Waals surface area contributed by atoms with E-state index in [1.165, 1.54) is 24.3 Å². The van der Waals surface area contributed by atoms with Gasteiger partial charge in [-0.25, -0.2) is 4.79 Å². The second-order valence-corrected chi connectivity index (χ2v) is 9.95. The number of carboxylic acid groups (broad SMARTS) is 2. The van der Waals surface area contributed by atoms with Crippen LogP contribution >= 0.6 is 12.6 Å². The van der Waals surface area contributed by atoms with Crippen molar-refractivity contribution in [3.8, 4) is 5.75 Å². The van der Waals surface area contributed by atoms with Gasteiger partial charge in [0.2, 0.25) is 23.6 Å². The summed E-state index contributed by atoms with van der Waals surface area (Å²) < 4.78 is 0. The molecule has 0 aliphatic carbocycles. The number of aromatic hydroxyl groups is 1. The van der Waals surface area contributed by atoms with Crippen molar-refractivity contribution in [3.05, 3.63) is 65.7 Å². The number of rotatable bonds is 17. The van der Waals surface area contributed by atoms with Crippen LogP contribution in [0.15, 0.2) is 54.6 Å². The van der Waals surface area contributed by atoms with Crippen LogP contribution in [0.2, 0.25) is 0 Å². The lowest BCUT2D eigenvalue weighted by atomic mass is 10.0. The summed E-state index contributed by atoms with van der Waals surface area (Å²) in [5.41, 5.74) is 6.88. The van der Waals surface area contributed by atoms with E-state index in [-0.39, 0.29) is 37.2 Å². The minimum Gasteiger partial charge on any atom is -0.508 e. The van der Waals surface area contributed by atoms with Gasteiger partial charge in [-0.15, -0.1) is 0 Å². The third-order valence-corrected chi connectivity index (χ3v) is 6.53. The summed E-state index contributed by atoms with van der Waals surface area (Å²) in [5, 5.41) is 37.6. The van der Waals surface area contributed by atoms with Crippen LogP contribution in [-0.2, 0) is 41.6 Å². The number of amides is 4. The lowest BCUT2D eigenvalue weighted by Gasteiger charge is -2.22. The van der Waals surface area contributed by atoms with Gasteiger partial charge in [-0.3, -0.25) is 24.0 Å². The van der Waals surface area contributed by atoms with Gasteiger partial charge in [-0.05, 0) is 29.7 Å². The van der Waals surface area contributed by atoms with Crippen molar-refractivity contribution in [2.24, 2.45) is 5.73 Å². The molecule has 0 aliphatic rings. The standard InChI is InChI=1S/C28H35N5O9S/c29-19(10-11-24(36)37)25(38)33-22(15-43)26(39)30-14-23(35)31-20(12-17-6-8-18(34)9-7-17)27(40)32-21(28(41)42)13-16-4-2-1-3-5-16/h1-9,19-22,34,43H,10-15,29H2,(H,30,39)(H,31,35)(H,32,40)(H,33,38)(H,36,37)(H,41,42)/t19-,20-,21-,22-/m0/s1. The maximum absolute atomic E-state index is 13.2. The van der Waals surface area contributed by atoms with Crippen LogP contribution in [-0.4, -0.2) is 87.4 Å². The maximum Gasteiger partial charge on any atom is 0.326 e. The number of carbonyl (C=O) groups is 6. The number of carbonyl (C=O) groups excluding carboxylic acids is 4. The first-order chi connectivity index (χ1) is 20.4. The van der Waals surface area contributed by atoms with Crippen molar-refractivity contribution >= 4 is 48.2 Å². The zero-order chi connectivity index (χ0) is 31.9. The Morgan fingerprint density at radius 3 is 1.91 bits per heavy atom. The molecule has 0 heterocycles. The van der Waals surface area contributed by atoms with Crippen LogP contribution in [0.4, 0.5) is 0 Å². The van der Waals surface area contributed by atoms with Gasteiger partial charge in [-0.1, -0.05) is 42.5 Å². The fourth-order valence-corrected chi connectivity index (χ4v) is 4.08. The van der Waals surface area contributed by atoms with Gasteiger partial charge in [0, 0.05) is 25.0 Å². The summed E-state index contributed by atoms with van der Waals surface area (Å²) >= 11 is 4.03. The first-order valence-corrected chi connectivity index (χ1v) is 13.8. The third kappa shape index (κ3) is 12.4. The normalized spacial score (nSPS) is 13.4. The summed E-state index contributed by atoms with van der Waals surface area (Å²) in [4.78, 5) is 73.3. The fraction of sp³-hybridized carbons (Fsp3) is 0.357. The van der Waals surface area contributed by atoms with Crippen LogP contribution in [0.25, 0.3) is 0 Å². The molecule has 0 spiro atoms. The Morgan fingerprint density at radius 2 is 1.33 bits per heavy atom. The topological polar surface area (TPSA) is 237 Å². The van der Waals surface area contributed by atoms with Gasteiger partial charge in [0.05, 0.1) is 12.6 Å². The molecule has 0 bridgehead atoms. The van der Waals surface area contributed by atoms with E-state index in [0.29, 0.717) is 11.1 Å². The molecule has 0 aromatic heterocycles. The SMILES string of the molecule is N[C@@H](CCC(=O)O)C(=O)N[C@@H](CS)C(=O)NCC(=O)N[C@@H](Cc1ccc(O)cc1)C(=O)N[C@@H](Cc1ccccc1)C(=O)O. The molecule has 4 amide bonds. The number of nitrogens with two attached hydrogens (primary N) is 1. The number of thiol groups is 1. The quantitative estimate of drug-likeness (QED) is 0.0977. The fourth-order valence-electron chi connectivity index (χ4n) is 3.82. The zero-order valence-electron chi connectivity index (χ0n) is 23.1. The Kier molecular flexibility index (Phi) is 14.0. The van der Waals surface area contributed by atoms with E-state index >= 15 is 0 Å². The third-order valence-electron chi connectivity index (χ3n) is 6.17. The van der Waals surface area contributed by atoms with Gasteiger partial charge < -0.3 is 42.3 Å². The molecule has 0 aliphatic heterocycles. The number of aliphatic carboxylic acids is 2. The molecule has 2 aromatic carbocycles. The number of benzene rings is 2. The highest BCUT2D eigenvalue weighted by atomic mass is 32.1. The van der Waals surface area contributed by atoms with Crippen molar-refractivity contribution in [2.75, 3.05) is 12.3 Å². The van der Waals surface area contributed by atoms with Crippen molar-refractivity contribution in [3.63, 3.8) is 0 Å². The molecule has 232 valence electrons. The summed E-state index contributed by atoms with van der Waals surface area (Å²) in [6.07, 6.45) is -0.560. The van der Waals surface area contributed by atoms with Crippen LogP contribution in [0, 0.1) is 0 Å². The van der Waals surface area contributed by atoms with E-state index in [4.69, 9.17) is 10.8 Å². The summed E-state index contributed by atoms with van der Waals surface area (Å²) in [6, 6.07) is 9.59. The predicted octanol–water partition coefficient (Wildman–Crippen LogP) is -1.05. The molecule has 0 saturated carbocycles. The molecule has 0 radical (unpaired) electrons. The van der Waals surface area contributed by atoms with E-state index in [1.807, 2.05) is 0 Å². The van der Waals surface area contributed by atoms with Gasteiger partial charge in [-0.2, -0.15) is 12.6 Å². The first kappa shape index (κ1) is 34.6. The van der Waals surface area contributed by atoms with Crippen LogP contribution in [0.3, 0.4) is 0 Å². The molecule has 2 rings (SSSR count). The molecule has 4 atom stereocenters. The van der Waals surface area contributed by atoms with E-state index in [0.717, 1.165) is 0 Å². The van der Waals surface area contributed by atoms with E-state index in [1.54, 1.807) is 30.3 Å². The lowest BCUT2D eigenvalue weighted by molar-refractivity contribution is -0.142. The molecule has 0 unspecified atom stereocenters. The smallest absolute Gasteiger partial charge is 0.326 e. The first-order valence-electron chi connectivity index (χ1n) is 13.2. The van der Waals surface area contributed by atoms with Gasteiger partial charge in [0.25, 0.3) is 0 Å². The summed E-state index contributed by atoms with van der Waals surface area (Å²) in [5.74, 6) is -5.71. The lowest BCUT2D eigenvalue weighted by Crippen LogP contribution is -2.56. The monoisotopic (exact) mass is 617 g/mol. The number of carboxylic acids is 2. The van der Waals surface area contributed by atoms with Crippen LogP contribution in [0.5, 0.6) is 5.75 Å². The molecule has 0 fully saturated rings. The van der Waals surface area contributed by atoms with Crippen molar-refractivity contribution in [1.29, 1.82) is 0 Å². The summed E-state index contributed by atoms with van der Waals surface area (Å²) in [7, 11) is 0. The molecule has 9 N–H and O–H groups in total. The Morgan fingerprint density at radius 1 is 0.744 bits per heavy atom. The molecular formula is C28H35N5O9S. The highest BCUT2D eigenvalue weighted by Gasteiger charge is 2.28. The molecule has 0 saturated heterocycles. The van der Waals surface area contributed by atoms with Gasteiger partial charge >= 0.3 is 11.9 Å². The van der Waals surface area contributed by atoms with E-state index in [2.05, 4.69) is 33.9 Å². The van der Waals surface area contributed by atoms with E-state index in [9.17, 15) is 39.0 Å². The molecule has 2 aromatic rings. The number of hydrogen-bond acceptors (Lipinski definition) is 9. The van der Waals surface area contributed by atoms with E-state index < -0.39 is 66.3 Å². The molecule has 43 heavy (non-hydrogen) atoms. The molecule has 14 nitrogen and oxygen atoms in total.